The van der Waals surface area contributed by atoms with Crippen molar-refractivity contribution in [3.05, 3.63) is 103 Å². The zero-order valence-electron chi connectivity index (χ0n) is 34.3. The van der Waals surface area contributed by atoms with Gasteiger partial charge in [0.05, 0.1) is 40.6 Å². The first kappa shape index (κ1) is 48.9. The number of nitrogen functional groups attached to an aromatic ring is 1. The van der Waals surface area contributed by atoms with Gasteiger partial charge in [-0.1, -0.05) is 97.0 Å². The molecule has 2 heterocycles. The van der Waals surface area contributed by atoms with Gasteiger partial charge in [0.15, 0.2) is 0 Å². The summed E-state index contributed by atoms with van der Waals surface area (Å²) in [6, 6.07) is 24.2. The van der Waals surface area contributed by atoms with E-state index in [1.54, 1.807) is 13.0 Å². The molecule has 0 bridgehead atoms. The van der Waals surface area contributed by atoms with Crippen molar-refractivity contribution in [2.75, 3.05) is 25.2 Å². The highest BCUT2D eigenvalue weighted by Crippen LogP contribution is 2.46. The van der Waals surface area contributed by atoms with Gasteiger partial charge in [-0.15, -0.1) is 0 Å². The lowest BCUT2D eigenvalue weighted by atomic mass is 10.3. The molecule has 0 aliphatic heterocycles. The number of para-hydroxylation sites is 6. The summed E-state index contributed by atoms with van der Waals surface area (Å²) < 4.78 is 8.60. The van der Waals surface area contributed by atoms with Gasteiger partial charge in [-0.3, -0.25) is 0 Å². The Hall–Kier alpha value is -5.18. The van der Waals surface area contributed by atoms with Crippen LogP contribution in [0.25, 0.3) is 28.1 Å². The minimum atomic E-state index is -0.303. The molecule has 2 unspecified atom stereocenters. The quantitative estimate of drug-likeness (QED) is 0.0823. The Balaban J connectivity index is 0. The van der Waals surface area contributed by atoms with Crippen LogP contribution in [0.15, 0.2) is 91.0 Å². The van der Waals surface area contributed by atoms with E-state index < -0.39 is 0 Å². The molecule has 2 atom stereocenters. The van der Waals surface area contributed by atoms with Gasteiger partial charge in [0.1, 0.15) is 17.9 Å². The fourth-order valence-electron chi connectivity index (χ4n) is 4.57. The molecule has 9 heteroatoms. The van der Waals surface area contributed by atoms with E-state index in [4.69, 9.17) is 10.5 Å². The third kappa shape index (κ3) is 16.7. The van der Waals surface area contributed by atoms with Crippen molar-refractivity contribution in [1.82, 2.24) is 19.1 Å². The molecule has 6 rings (SSSR count). The van der Waals surface area contributed by atoms with E-state index in [-0.39, 0.29) is 5.97 Å². The number of aromatic nitrogens is 4. The summed E-state index contributed by atoms with van der Waals surface area (Å²) in [5, 5.41) is 2.97. The number of esters is 1. The summed E-state index contributed by atoms with van der Waals surface area (Å²) in [7, 11) is 7.36. The van der Waals surface area contributed by atoms with Crippen molar-refractivity contribution in [3.8, 4) is 0 Å². The second-order valence-electron chi connectivity index (χ2n) is 10.5. The number of nitrogens with one attached hydrogen (secondary N) is 1. The molecule has 0 spiro atoms. The lowest BCUT2D eigenvalue weighted by Crippen LogP contribution is -1.95. The molecule has 0 amide bonds. The van der Waals surface area contributed by atoms with Crippen molar-refractivity contribution in [1.29, 1.82) is 0 Å². The predicted molar refractivity (Wildman–Crippen MR) is 226 cm³/mol. The second-order valence-corrected chi connectivity index (χ2v) is 10.5. The third-order valence-corrected chi connectivity index (χ3v) is 7.13. The topological polar surface area (TPSA) is 117 Å². The number of aryl methyl sites for hydroxylation is 2. The van der Waals surface area contributed by atoms with Crippen molar-refractivity contribution in [3.63, 3.8) is 0 Å². The van der Waals surface area contributed by atoms with Gasteiger partial charge >= 0.3 is 5.97 Å². The lowest BCUT2D eigenvalue weighted by Gasteiger charge is -2.01. The van der Waals surface area contributed by atoms with Crippen LogP contribution < -0.4 is 11.1 Å². The Kier molecular flexibility index (Phi) is 27.8. The molecule has 2 aromatic heterocycles. The molecule has 0 saturated heterocycles. The largest absolute Gasteiger partial charge is 0.466 e. The summed E-state index contributed by atoms with van der Waals surface area (Å²) >= 11 is 0. The number of allylic oxidation sites excluding steroid dienone is 2. The maximum absolute atomic E-state index is 10.1. The SMILES string of the molecule is C/C=C/C(=O)OC.C/C=C/c1nc2ccccc2n1C.CC.CC.CC.CC1CC1c1nc2ccccc2n1C.CC=O.CNc1ccccc1N. The van der Waals surface area contributed by atoms with Crippen molar-refractivity contribution < 1.29 is 14.3 Å². The average Bonchev–Trinajstić information content (AvgIpc) is 3.70. The minimum absolute atomic E-state index is 0.303. The fraction of sp³-hybridized carbons (Fsp3) is 0.395. The Morgan fingerprint density at radius 2 is 1.27 bits per heavy atom. The Labute approximate surface area is 314 Å². The van der Waals surface area contributed by atoms with Crippen LogP contribution in [0.3, 0.4) is 0 Å². The van der Waals surface area contributed by atoms with Gasteiger partial charge in [0, 0.05) is 33.1 Å². The minimum Gasteiger partial charge on any atom is -0.466 e. The van der Waals surface area contributed by atoms with E-state index in [0.29, 0.717) is 5.92 Å². The van der Waals surface area contributed by atoms with Gasteiger partial charge in [0.25, 0.3) is 0 Å². The number of imidazole rings is 2. The number of hydrogen-bond donors (Lipinski definition) is 2. The summed E-state index contributed by atoms with van der Waals surface area (Å²) in [6.07, 6.45) is 9.06. The van der Waals surface area contributed by atoms with Crippen LogP contribution >= 0.6 is 0 Å². The van der Waals surface area contributed by atoms with E-state index in [2.05, 4.69) is 73.5 Å². The summed E-state index contributed by atoms with van der Waals surface area (Å²) in [5.41, 5.74) is 12.0. The number of methoxy groups -OCH3 is 1. The van der Waals surface area contributed by atoms with Crippen LogP contribution in [0.1, 0.15) is 93.2 Å². The smallest absolute Gasteiger partial charge is 0.330 e. The van der Waals surface area contributed by atoms with Crippen LogP contribution in [-0.4, -0.2) is 45.5 Å². The standard InChI is InChI=1S/C12H14N2.C11H12N2.C7H10N2.C5H8O2.C2H4O.3C2H6/c1-8-7-9(8)12-13-10-5-3-4-6-11(10)14(12)2;1-3-6-11-12-9-7-4-5-8-10(9)13(11)2;1-9-7-5-3-2-4-6(7)8;1-3-4-5(6)7-2;1-2-3;3*1-2/h3-6,8-9H,7H2,1-2H3;3-8H,1-2H3;2-5,9H,8H2,1H3;3-4H,1-2H3;2H,1H3;3*1-2H3/b;6-3+;;4-3+;;;;. The molecule has 286 valence electrons. The number of fused-ring (bicyclic) bond motifs is 2. The van der Waals surface area contributed by atoms with E-state index in [9.17, 15) is 4.79 Å². The van der Waals surface area contributed by atoms with E-state index in [1.807, 2.05) is 117 Å². The highest BCUT2D eigenvalue weighted by molar-refractivity contribution is 5.81. The molecular formula is C43H66N6O3. The molecule has 1 saturated carbocycles. The summed E-state index contributed by atoms with van der Waals surface area (Å²) in [6.45, 7) is 19.5. The van der Waals surface area contributed by atoms with E-state index >= 15 is 0 Å². The molecule has 5 aromatic rings. The zero-order chi connectivity index (χ0) is 40.1. The highest BCUT2D eigenvalue weighted by Gasteiger charge is 2.37. The Morgan fingerprint density at radius 1 is 0.808 bits per heavy atom. The average molecular weight is 715 g/mol. The molecule has 3 aromatic carbocycles. The molecular weight excluding hydrogens is 649 g/mol. The molecule has 9 nitrogen and oxygen atoms in total. The number of nitrogens with two attached hydrogens (primary N) is 1. The molecule has 3 N–H and O–H groups in total. The monoisotopic (exact) mass is 715 g/mol. The number of hydrogen-bond acceptors (Lipinski definition) is 7. The van der Waals surface area contributed by atoms with Crippen molar-refractivity contribution in [2.45, 2.75) is 81.6 Å². The predicted octanol–water partition coefficient (Wildman–Crippen LogP) is 10.6. The molecule has 1 aliphatic rings. The second kappa shape index (κ2) is 29.5. The van der Waals surface area contributed by atoms with E-state index in [1.165, 1.54) is 43.4 Å². The number of carbonyl (C=O) groups excluding carboxylic acids is 2. The number of nitrogens with zero attached hydrogens (tertiary/aromatic N) is 4. The first-order valence-electron chi connectivity index (χ1n) is 18.2. The van der Waals surface area contributed by atoms with Crippen LogP contribution in [0, 0.1) is 5.92 Å². The molecule has 52 heavy (non-hydrogen) atoms. The highest BCUT2D eigenvalue weighted by atomic mass is 16.5. The van der Waals surface area contributed by atoms with Crippen LogP contribution in [-0.2, 0) is 28.4 Å². The maximum Gasteiger partial charge on any atom is 0.330 e. The summed E-state index contributed by atoms with van der Waals surface area (Å²) in [5.74, 6) is 3.49. The van der Waals surface area contributed by atoms with Gasteiger partial charge in [-0.05, 0) is 75.6 Å². The maximum atomic E-state index is 10.1. The molecule has 0 radical (unpaired) electrons. The van der Waals surface area contributed by atoms with Crippen molar-refractivity contribution >= 4 is 51.8 Å². The third-order valence-electron chi connectivity index (χ3n) is 7.13. The normalized spacial score (nSPS) is 13.2. The number of benzene rings is 3. The van der Waals surface area contributed by atoms with Crippen LogP contribution in [0.2, 0.25) is 0 Å². The number of ether oxygens (including phenoxy) is 1. The summed E-state index contributed by atoms with van der Waals surface area (Å²) in [4.78, 5) is 28.1. The van der Waals surface area contributed by atoms with Crippen molar-refractivity contribution in [2.24, 2.45) is 20.0 Å². The van der Waals surface area contributed by atoms with Gasteiger partial charge in [0.2, 0.25) is 0 Å². The van der Waals surface area contributed by atoms with Crippen LogP contribution in [0.5, 0.6) is 0 Å². The molecule has 1 fully saturated rings. The Bertz CT molecular complexity index is 1740. The van der Waals surface area contributed by atoms with Gasteiger partial charge < -0.3 is 29.7 Å². The number of rotatable bonds is 4. The van der Waals surface area contributed by atoms with E-state index in [0.717, 1.165) is 40.4 Å². The number of aldehydes is 1. The molecule has 1 aliphatic carbocycles. The first-order valence-corrected chi connectivity index (χ1v) is 18.2. The van der Waals surface area contributed by atoms with Crippen LogP contribution in [0.4, 0.5) is 11.4 Å². The first-order chi connectivity index (χ1) is 25.2. The van der Waals surface area contributed by atoms with Gasteiger partial charge in [-0.2, -0.15) is 0 Å². The number of anilines is 2. The fourth-order valence-corrected chi connectivity index (χ4v) is 4.57. The zero-order valence-corrected chi connectivity index (χ0v) is 34.3. The van der Waals surface area contributed by atoms with Gasteiger partial charge in [-0.25, -0.2) is 14.8 Å². The lowest BCUT2D eigenvalue weighted by molar-refractivity contribution is -0.134. The number of carbonyl (C=O) groups is 2. The Morgan fingerprint density at radius 3 is 1.63 bits per heavy atom.